The number of hydrogen-bond donors (Lipinski definition) is 1. The fourth-order valence-electron chi connectivity index (χ4n) is 1.43. The van der Waals surface area contributed by atoms with Gasteiger partial charge >= 0.3 is 0 Å². The van der Waals surface area contributed by atoms with Gasteiger partial charge in [-0.3, -0.25) is 0 Å². The van der Waals surface area contributed by atoms with Gasteiger partial charge < -0.3 is 10.1 Å². The van der Waals surface area contributed by atoms with Gasteiger partial charge in [-0.1, -0.05) is 38.1 Å². The lowest BCUT2D eigenvalue weighted by Gasteiger charge is -2.07. The van der Waals surface area contributed by atoms with Gasteiger partial charge in [-0.15, -0.1) is 0 Å². The van der Waals surface area contributed by atoms with Crippen LogP contribution in [-0.2, 0) is 6.54 Å². The molecule has 1 rings (SSSR count). The second-order valence-corrected chi connectivity index (χ2v) is 3.78. The molecule has 0 bridgehead atoms. The maximum atomic E-state index is 5.48. The Morgan fingerprint density at radius 3 is 3.06 bits per heavy atom. The molecule has 0 unspecified atom stereocenters. The zero-order valence-electron chi connectivity index (χ0n) is 10.0. The molecular formula is C14H21NO. The van der Waals surface area contributed by atoms with Crippen LogP contribution in [0, 0.1) is 0 Å². The van der Waals surface area contributed by atoms with Crippen molar-refractivity contribution in [2.45, 2.75) is 26.3 Å². The summed E-state index contributed by atoms with van der Waals surface area (Å²) >= 11 is 0. The van der Waals surface area contributed by atoms with Crippen LogP contribution in [0.2, 0.25) is 0 Å². The number of unbranched alkanes of at least 4 members (excludes halogenated alkanes) is 1. The Balaban J connectivity index is 2.37. The van der Waals surface area contributed by atoms with Crippen LogP contribution < -0.4 is 10.1 Å². The molecule has 2 heteroatoms. The lowest BCUT2D eigenvalue weighted by Crippen LogP contribution is -2.14. The Morgan fingerprint density at radius 1 is 1.44 bits per heavy atom. The van der Waals surface area contributed by atoms with Crippen molar-refractivity contribution in [1.29, 1.82) is 0 Å². The van der Waals surface area contributed by atoms with Crippen LogP contribution in [0.25, 0.3) is 0 Å². The van der Waals surface area contributed by atoms with E-state index in [0.29, 0.717) is 6.61 Å². The van der Waals surface area contributed by atoms with E-state index in [1.54, 1.807) is 6.08 Å². The van der Waals surface area contributed by atoms with Crippen LogP contribution in [0.1, 0.15) is 25.3 Å². The number of nitrogens with one attached hydrogen (secondary N) is 1. The summed E-state index contributed by atoms with van der Waals surface area (Å²) in [5.41, 5.74) is 1.26. The predicted octanol–water partition coefficient (Wildman–Crippen LogP) is 3.14. The van der Waals surface area contributed by atoms with Gasteiger partial charge in [-0.2, -0.15) is 0 Å². The van der Waals surface area contributed by atoms with E-state index >= 15 is 0 Å². The second kappa shape index (κ2) is 7.94. The molecule has 88 valence electrons. The van der Waals surface area contributed by atoms with Crippen molar-refractivity contribution >= 4 is 0 Å². The van der Waals surface area contributed by atoms with E-state index in [2.05, 4.69) is 31.0 Å². The summed E-state index contributed by atoms with van der Waals surface area (Å²) in [4.78, 5) is 0. The normalized spacial score (nSPS) is 10.1. The van der Waals surface area contributed by atoms with E-state index in [-0.39, 0.29) is 0 Å². The van der Waals surface area contributed by atoms with Crippen molar-refractivity contribution in [3.8, 4) is 5.75 Å². The number of hydrogen-bond acceptors (Lipinski definition) is 2. The van der Waals surface area contributed by atoms with Crippen LogP contribution in [0.4, 0.5) is 0 Å². The Bertz CT molecular complexity index is 309. The molecule has 0 atom stereocenters. The van der Waals surface area contributed by atoms with Crippen molar-refractivity contribution in [3.63, 3.8) is 0 Å². The van der Waals surface area contributed by atoms with Gasteiger partial charge in [0.2, 0.25) is 0 Å². The summed E-state index contributed by atoms with van der Waals surface area (Å²) in [7, 11) is 0. The van der Waals surface area contributed by atoms with Crippen molar-refractivity contribution in [2.24, 2.45) is 0 Å². The number of ether oxygens (including phenoxy) is 1. The Kier molecular flexibility index (Phi) is 6.35. The van der Waals surface area contributed by atoms with Gasteiger partial charge in [-0.25, -0.2) is 0 Å². The maximum Gasteiger partial charge on any atom is 0.120 e. The topological polar surface area (TPSA) is 21.3 Å². The molecule has 0 aliphatic carbocycles. The molecule has 0 saturated carbocycles. The molecule has 0 aliphatic rings. The summed E-state index contributed by atoms with van der Waals surface area (Å²) in [5.74, 6) is 0.912. The third-order valence-electron chi connectivity index (χ3n) is 2.30. The van der Waals surface area contributed by atoms with Crippen molar-refractivity contribution in [1.82, 2.24) is 5.32 Å². The molecule has 1 aromatic rings. The lowest BCUT2D eigenvalue weighted by molar-refractivity contribution is 0.362. The minimum atomic E-state index is 0.562. The summed E-state index contributed by atoms with van der Waals surface area (Å²) in [5, 5.41) is 3.41. The van der Waals surface area contributed by atoms with Crippen LogP contribution in [0.5, 0.6) is 5.75 Å². The first-order valence-electron chi connectivity index (χ1n) is 5.90. The molecule has 0 fully saturated rings. The van der Waals surface area contributed by atoms with E-state index in [4.69, 9.17) is 4.74 Å². The highest BCUT2D eigenvalue weighted by Crippen LogP contribution is 2.13. The zero-order valence-corrected chi connectivity index (χ0v) is 10.0. The summed E-state index contributed by atoms with van der Waals surface area (Å²) in [6.07, 6.45) is 4.22. The quantitative estimate of drug-likeness (QED) is 0.535. The average molecular weight is 219 g/mol. The summed E-state index contributed by atoms with van der Waals surface area (Å²) < 4.78 is 5.48. The monoisotopic (exact) mass is 219 g/mol. The van der Waals surface area contributed by atoms with Crippen molar-refractivity contribution in [2.75, 3.05) is 13.2 Å². The van der Waals surface area contributed by atoms with Crippen LogP contribution in [-0.4, -0.2) is 13.2 Å². The Morgan fingerprint density at radius 2 is 2.31 bits per heavy atom. The SMILES string of the molecule is C=CCOc1cccc(CNCCCC)c1. The maximum absolute atomic E-state index is 5.48. The minimum Gasteiger partial charge on any atom is -0.490 e. The highest BCUT2D eigenvalue weighted by molar-refractivity contribution is 5.28. The van der Waals surface area contributed by atoms with E-state index < -0.39 is 0 Å². The molecule has 0 aromatic heterocycles. The van der Waals surface area contributed by atoms with Gasteiger partial charge in [-0.05, 0) is 30.7 Å². The standard InChI is InChI=1S/C14H21NO/c1-3-5-9-15-12-13-7-6-8-14(11-13)16-10-4-2/h4,6-8,11,15H,2-3,5,9-10,12H2,1H3. The van der Waals surface area contributed by atoms with Crippen molar-refractivity contribution < 1.29 is 4.74 Å². The summed E-state index contributed by atoms with van der Waals surface area (Å²) in [6.45, 7) is 8.38. The molecular weight excluding hydrogens is 198 g/mol. The molecule has 0 spiro atoms. The van der Waals surface area contributed by atoms with Crippen molar-refractivity contribution in [3.05, 3.63) is 42.5 Å². The van der Waals surface area contributed by atoms with Gasteiger partial charge in [0.25, 0.3) is 0 Å². The summed E-state index contributed by atoms with van der Waals surface area (Å²) in [6, 6.07) is 8.18. The first-order valence-corrected chi connectivity index (χ1v) is 5.90. The molecule has 0 saturated heterocycles. The first kappa shape index (κ1) is 12.8. The van der Waals surface area contributed by atoms with E-state index in [9.17, 15) is 0 Å². The van der Waals surface area contributed by atoms with Gasteiger partial charge in [0.15, 0.2) is 0 Å². The van der Waals surface area contributed by atoms with Crippen LogP contribution >= 0.6 is 0 Å². The smallest absolute Gasteiger partial charge is 0.120 e. The third kappa shape index (κ3) is 4.99. The van der Waals surface area contributed by atoms with Gasteiger partial charge in [0.05, 0.1) is 0 Å². The molecule has 2 nitrogen and oxygen atoms in total. The Labute approximate surface area is 98.3 Å². The largest absolute Gasteiger partial charge is 0.490 e. The van der Waals surface area contributed by atoms with Gasteiger partial charge in [0, 0.05) is 6.54 Å². The molecule has 16 heavy (non-hydrogen) atoms. The molecule has 1 aromatic carbocycles. The molecule has 0 amide bonds. The molecule has 0 heterocycles. The highest BCUT2D eigenvalue weighted by Gasteiger charge is 1.95. The highest BCUT2D eigenvalue weighted by atomic mass is 16.5. The molecule has 1 N–H and O–H groups in total. The fraction of sp³-hybridized carbons (Fsp3) is 0.429. The lowest BCUT2D eigenvalue weighted by atomic mass is 10.2. The van der Waals surface area contributed by atoms with E-state index in [1.165, 1.54) is 18.4 Å². The Hall–Kier alpha value is -1.28. The fourth-order valence-corrected chi connectivity index (χ4v) is 1.43. The number of rotatable bonds is 8. The zero-order chi connectivity index (χ0) is 11.6. The molecule has 0 aliphatic heterocycles. The van der Waals surface area contributed by atoms with Gasteiger partial charge in [0.1, 0.15) is 12.4 Å². The second-order valence-electron chi connectivity index (χ2n) is 3.78. The third-order valence-corrected chi connectivity index (χ3v) is 2.30. The van der Waals surface area contributed by atoms with Crippen LogP contribution in [0.15, 0.2) is 36.9 Å². The van der Waals surface area contributed by atoms with E-state index in [1.807, 2.05) is 12.1 Å². The van der Waals surface area contributed by atoms with Crippen LogP contribution in [0.3, 0.4) is 0 Å². The average Bonchev–Trinajstić information content (AvgIpc) is 2.33. The number of benzene rings is 1. The first-order chi connectivity index (χ1) is 7.86. The molecule has 0 radical (unpaired) electrons. The van der Waals surface area contributed by atoms with E-state index in [0.717, 1.165) is 18.8 Å². The predicted molar refractivity (Wildman–Crippen MR) is 68.7 cm³/mol. The minimum absolute atomic E-state index is 0.562.